The first-order chi connectivity index (χ1) is 13.0. The van der Waals surface area contributed by atoms with Crippen molar-refractivity contribution in [1.29, 1.82) is 0 Å². The number of aryl methyl sites for hydroxylation is 3. The Labute approximate surface area is 192 Å². The third-order valence-corrected chi connectivity index (χ3v) is 4.16. The van der Waals surface area contributed by atoms with E-state index < -0.39 is 11.7 Å². The highest BCUT2D eigenvalue weighted by Gasteiger charge is 2.21. The molecular formula is C20H39IN6O2. The van der Waals surface area contributed by atoms with Crippen molar-refractivity contribution in [3.05, 3.63) is 17.5 Å². The maximum atomic E-state index is 12.0. The zero-order valence-corrected chi connectivity index (χ0v) is 21.5. The van der Waals surface area contributed by atoms with Gasteiger partial charge in [0.05, 0.1) is 11.7 Å². The molecule has 0 aromatic carbocycles. The van der Waals surface area contributed by atoms with E-state index in [9.17, 15) is 4.79 Å². The Morgan fingerprint density at radius 2 is 1.93 bits per heavy atom. The van der Waals surface area contributed by atoms with Gasteiger partial charge in [-0.2, -0.15) is 5.10 Å². The molecule has 1 rings (SSSR count). The average molecular weight is 522 g/mol. The van der Waals surface area contributed by atoms with E-state index in [-0.39, 0.29) is 35.9 Å². The molecule has 1 atom stereocenters. The Morgan fingerprint density at radius 3 is 2.41 bits per heavy atom. The van der Waals surface area contributed by atoms with Gasteiger partial charge in [-0.25, -0.2) is 4.79 Å². The molecule has 0 saturated carbocycles. The summed E-state index contributed by atoms with van der Waals surface area (Å²) in [4.78, 5) is 16.3. The molecular weight excluding hydrogens is 483 g/mol. The molecule has 0 radical (unpaired) electrons. The summed E-state index contributed by atoms with van der Waals surface area (Å²) in [6, 6.07) is 2.01. The molecule has 168 valence electrons. The average Bonchev–Trinajstić information content (AvgIpc) is 2.88. The van der Waals surface area contributed by atoms with E-state index in [0.29, 0.717) is 12.5 Å². The molecule has 9 heteroatoms. The smallest absolute Gasteiger partial charge is 0.407 e. The van der Waals surface area contributed by atoms with E-state index in [1.165, 1.54) is 5.69 Å². The van der Waals surface area contributed by atoms with Gasteiger partial charge >= 0.3 is 6.09 Å². The second-order valence-corrected chi connectivity index (χ2v) is 8.38. The molecule has 0 aliphatic heterocycles. The van der Waals surface area contributed by atoms with E-state index in [2.05, 4.69) is 52.9 Å². The molecule has 0 saturated heterocycles. The molecule has 0 spiro atoms. The number of guanidine groups is 1. The molecule has 0 aliphatic carbocycles. The molecule has 3 N–H and O–H groups in total. The SMILES string of the molecule is CN=C(NCCCn1nc(C)cc1C)NCC(NC(=O)OC(C)(C)C)C(C)C.I. The number of hydrogen-bond acceptors (Lipinski definition) is 4. The Balaban J connectivity index is 0.00000784. The fraction of sp³-hybridized carbons (Fsp3) is 0.750. The first-order valence-electron chi connectivity index (χ1n) is 9.97. The summed E-state index contributed by atoms with van der Waals surface area (Å²) in [5, 5.41) is 14.0. The molecule has 1 aromatic rings. The lowest BCUT2D eigenvalue weighted by Crippen LogP contribution is -2.50. The number of amides is 1. The predicted octanol–water partition coefficient (Wildman–Crippen LogP) is 3.22. The Kier molecular flexibility index (Phi) is 12.2. The van der Waals surface area contributed by atoms with Gasteiger partial charge in [0.25, 0.3) is 0 Å². The van der Waals surface area contributed by atoms with Gasteiger partial charge in [-0.05, 0) is 53.0 Å². The minimum atomic E-state index is -0.512. The maximum absolute atomic E-state index is 12.0. The summed E-state index contributed by atoms with van der Waals surface area (Å²) >= 11 is 0. The first-order valence-corrected chi connectivity index (χ1v) is 9.97. The van der Waals surface area contributed by atoms with Crippen LogP contribution >= 0.6 is 24.0 Å². The van der Waals surface area contributed by atoms with Crippen molar-refractivity contribution in [2.75, 3.05) is 20.1 Å². The predicted molar refractivity (Wildman–Crippen MR) is 129 cm³/mol. The van der Waals surface area contributed by atoms with E-state index in [0.717, 1.165) is 25.2 Å². The number of aliphatic imine (C=N–C) groups is 1. The van der Waals surface area contributed by atoms with Crippen molar-refractivity contribution in [3.8, 4) is 0 Å². The number of alkyl carbamates (subject to hydrolysis) is 1. The van der Waals surface area contributed by atoms with Crippen LogP contribution in [0, 0.1) is 19.8 Å². The van der Waals surface area contributed by atoms with Crippen LogP contribution in [0.2, 0.25) is 0 Å². The largest absolute Gasteiger partial charge is 0.444 e. The van der Waals surface area contributed by atoms with E-state index in [1.54, 1.807) is 7.05 Å². The van der Waals surface area contributed by atoms with Gasteiger partial charge in [-0.15, -0.1) is 24.0 Å². The number of nitrogens with zero attached hydrogens (tertiary/aromatic N) is 3. The highest BCUT2D eigenvalue weighted by Crippen LogP contribution is 2.08. The fourth-order valence-corrected chi connectivity index (χ4v) is 2.68. The molecule has 1 amide bonds. The van der Waals surface area contributed by atoms with Crippen LogP contribution in [0.1, 0.15) is 52.4 Å². The van der Waals surface area contributed by atoms with Gasteiger partial charge in [0.1, 0.15) is 5.60 Å². The molecule has 1 aromatic heterocycles. The van der Waals surface area contributed by atoms with Crippen LogP contribution in [0.3, 0.4) is 0 Å². The van der Waals surface area contributed by atoms with Crippen LogP contribution in [0.4, 0.5) is 4.79 Å². The van der Waals surface area contributed by atoms with Crippen molar-refractivity contribution >= 4 is 36.0 Å². The summed E-state index contributed by atoms with van der Waals surface area (Å²) < 4.78 is 7.37. The highest BCUT2D eigenvalue weighted by atomic mass is 127. The Hall–Kier alpha value is -1.52. The number of nitrogens with one attached hydrogen (secondary N) is 3. The lowest BCUT2D eigenvalue weighted by molar-refractivity contribution is 0.0491. The molecule has 0 bridgehead atoms. The third kappa shape index (κ3) is 11.3. The van der Waals surface area contributed by atoms with Crippen molar-refractivity contribution in [2.24, 2.45) is 10.9 Å². The van der Waals surface area contributed by atoms with E-state index in [4.69, 9.17) is 4.74 Å². The zero-order valence-electron chi connectivity index (χ0n) is 19.1. The Bertz CT molecular complexity index is 652. The standard InChI is InChI=1S/C20H38N6O2.HI/c1-14(2)17(24-19(27)28-20(5,6)7)13-23-18(21-8)22-10-9-11-26-16(4)12-15(3)25-26;/h12,14,17H,9-11,13H2,1-8H3,(H,24,27)(H2,21,22,23);1H. The summed E-state index contributed by atoms with van der Waals surface area (Å²) in [7, 11) is 1.74. The topological polar surface area (TPSA) is 92.6 Å². The van der Waals surface area contributed by atoms with Crippen molar-refractivity contribution in [1.82, 2.24) is 25.7 Å². The lowest BCUT2D eigenvalue weighted by atomic mass is 10.0. The van der Waals surface area contributed by atoms with Gasteiger partial charge in [-0.3, -0.25) is 9.67 Å². The molecule has 1 unspecified atom stereocenters. The van der Waals surface area contributed by atoms with E-state index in [1.807, 2.05) is 32.4 Å². The van der Waals surface area contributed by atoms with Gasteiger partial charge < -0.3 is 20.7 Å². The number of carbonyl (C=O) groups excluding carboxylic acids is 1. The number of halogens is 1. The fourth-order valence-electron chi connectivity index (χ4n) is 2.68. The molecule has 0 aliphatic rings. The third-order valence-electron chi connectivity index (χ3n) is 4.16. The second-order valence-electron chi connectivity index (χ2n) is 8.38. The summed E-state index contributed by atoms with van der Waals surface area (Å²) in [5.41, 5.74) is 1.70. The monoisotopic (exact) mass is 522 g/mol. The lowest BCUT2D eigenvalue weighted by Gasteiger charge is -2.26. The zero-order chi connectivity index (χ0) is 21.3. The van der Waals surface area contributed by atoms with Crippen LogP contribution in [0.25, 0.3) is 0 Å². The summed E-state index contributed by atoms with van der Waals surface area (Å²) in [6.07, 6.45) is 0.535. The van der Waals surface area contributed by atoms with Crippen molar-refractivity contribution in [2.45, 2.75) is 73.1 Å². The number of carbonyl (C=O) groups is 1. The number of aromatic nitrogens is 2. The molecule has 29 heavy (non-hydrogen) atoms. The van der Waals surface area contributed by atoms with Crippen LogP contribution in [0.5, 0.6) is 0 Å². The van der Waals surface area contributed by atoms with E-state index >= 15 is 0 Å². The van der Waals surface area contributed by atoms with Gasteiger partial charge in [-0.1, -0.05) is 13.8 Å². The number of ether oxygens (including phenoxy) is 1. The normalized spacial score (nSPS) is 12.9. The number of rotatable bonds is 8. The van der Waals surface area contributed by atoms with Crippen LogP contribution in [-0.4, -0.2) is 53.6 Å². The molecule has 8 nitrogen and oxygen atoms in total. The van der Waals surface area contributed by atoms with Crippen LogP contribution < -0.4 is 16.0 Å². The molecule has 0 fully saturated rings. The Morgan fingerprint density at radius 1 is 1.28 bits per heavy atom. The van der Waals surface area contributed by atoms with Gasteiger partial charge in [0.2, 0.25) is 0 Å². The minimum Gasteiger partial charge on any atom is -0.444 e. The minimum absolute atomic E-state index is 0. The summed E-state index contributed by atoms with van der Waals surface area (Å²) in [5.74, 6) is 0.967. The summed E-state index contributed by atoms with van der Waals surface area (Å²) in [6.45, 7) is 16.0. The van der Waals surface area contributed by atoms with Crippen LogP contribution in [0.15, 0.2) is 11.1 Å². The highest BCUT2D eigenvalue weighted by molar-refractivity contribution is 14.0. The van der Waals surface area contributed by atoms with Crippen LogP contribution in [-0.2, 0) is 11.3 Å². The van der Waals surface area contributed by atoms with Gasteiger partial charge in [0.15, 0.2) is 5.96 Å². The second kappa shape index (κ2) is 12.9. The maximum Gasteiger partial charge on any atom is 0.407 e. The first kappa shape index (κ1) is 27.5. The van der Waals surface area contributed by atoms with Crippen molar-refractivity contribution in [3.63, 3.8) is 0 Å². The van der Waals surface area contributed by atoms with Crippen molar-refractivity contribution < 1.29 is 9.53 Å². The number of hydrogen-bond donors (Lipinski definition) is 3. The quantitative estimate of drug-likeness (QED) is 0.211. The van der Waals surface area contributed by atoms with Gasteiger partial charge in [0, 0.05) is 32.4 Å². The molecule has 1 heterocycles.